The summed E-state index contributed by atoms with van der Waals surface area (Å²) in [5.74, 6) is -0.0917. The Kier molecular flexibility index (Phi) is 3.71. The summed E-state index contributed by atoms with van der Waals surface area (Å²) in [6.07, 6.45) is 0.559. The summed E-state index contributed by atoms with van der Waals surface area (Å²) < 4.78 is 10.2. The number of benzene rings is 1. The normalized spacial score (nSPS) is 18.9. The van der Waals surface area contributed by atoms with Crippen molar-refractivity contribution in [2.45, 2.75) is 25.4 Å². The number of piperidine rings is 1. The number of carbonyl (C=O) groups excluding carboxylic acids is 2. The van der Waals surface area contributed by atoms with E-state index in [9.17, 15) is 9.59 Å². The summed E-state index contributed by atoms with van der Waals surface area (Å²) in [5, 5.41) is 7.08. The van der Waals surface area contributed by atoms with Crippen LogP contribution in [-0.2, 0) is 9.47 Å². The third-order valence-electron chi connectivity index (χ3n) is 4.87. The van der Waals surface area contributed by atoms with Crippen LogP contribution in [0.1, 0.15) is 28.9 Å². The number of hydrogen-bond donors (Lipinski definition) is 1. The molecule has 2 saturated heterocycles. The lowest BCUT2D eigenvalue weighted by Gasteiger charge is -2.35. The largest absolute Gasteiger partial charge is 0.509 e. The summed E-state index contributed by atoms with van der Waals surface area (Å²) in [4.78, 5) is 25.6. The van der Waals surface area contributed by atoms with Crippen molar-refractivity contribution in [3.63, 3.8) is 0 Å². The number of rotatable bonds is 2. The Morgan fingerprint density at radius 2 is 1.96 bits per heavy atom. The van der Waals surface area contributed by atoms with Crippen molar-refractivity contribution in [3.8, 4) is 11.3 Å². The Morgan fingerprint density at radius 1 is 1.24 bits per heavy atom. The van der Waals surface area contributed by atoms with Gasteiger partial charge in [0.05, 0.1) is 5.69 Å². The first-order chi connectivity index (χ1) is 12.0. The van der Waals surface area contributed by atoms with Gasteiger partial charge in [0.2, 0.25) is 0 Å². The Bertz CT molecular complexity index is 804. The van der Waals surface area contributed by atoms with Crippen LogP contribution in [0.2, 0.25) is 0 Å². The molecule has 0 aliphatic carbocycles. The molecule has 25 heavy (non-hydrogen) atoms. The van der Waals surface area contributed by atoms with Gasteiger partial charge >= 0.3 is 6.16 Å². The molecule has 0 bridgehead atoms. The van der Waals surface area contributed by atoms with Crippen LogP contribution in [0, 0.1) is 6.92 Å². The lowest BCUT2D eigenvalue weighted by molar-refractivity contribution is 0.00264. The molecular formula is C18H19N3O4. The Morgan fingerprint density at radius 3 is 2.60 bits per heavy atom. The number of aromatic nitrogens is 2. The SMILES string of the molecule is Cc1ccc(-c2cc(C(=O)N3CCC4(CC3)COC(=O)O4)[nH]n2)cc1. The van der Waals surface area contributed by atoms with E-state index in [1.165, 1.54) is 5.56 Å². The monoisotopic (exact) mass is 341 g/mol. The van der Waals surface area contributed by atoms with Gasteiger partial charge in [0, 0.05) is 31.5 Å². The molecule has 130 valence electrons. The van der Waals surface area contributed by atoms with E-state index in [1.54, 1.807) is 11.0 Å². The maximum Gasteiger partial charge on any atom is 0.509 e. The van der Waals surface area contributed by atoms with E-state index in [0.717, 1.165) is 11.3 Å². The van der Waals surface area contributed by atoms with Crippen LogP contribution in [0.4, 0.5) is 4.79 Å². The fourth-order valence-corrected chi connectivity index (χ4v) is 3.26. The smallest absolute Gasteiger partial charge is 0.430 e. The molecule has 1 aromatic heterocycles. The van der Waals surface area contributed by atoms with Gasteiger partial charge in [0.25, 0.3) is 5.91 Å². The summed E-state index contributed by atoms with van der Waals surface area (Å²) >= 11 is 0. The van der Waals surface area contributed by atoms with Gasteiger partial charge < -0.3 is 14.4 Å². The molecule has 2 fully saturated rings. The van der Waals surface area contributed by atoms with Crippen LogP contribution in [0.25, 0.3) is 11.3 Å². The van der Waals surface area contributed by atoms with Crippen LogP contribution in [-0.4, -0.2) is 52.5 Å². The zero-order valence-corrected chi connectivity index (χ0v) is 13.9. The van der Waals surface area contributed by atoms with E-state index in [4.69, 9.17) is 9.47 Å². The third kappa shape index (κ3) is 2.97. The Hall–Kier alpha value is -2.83. The van der Waals surface area contributed by atoms with Gasteiger partial charge in [-0.25, -0.2) is 4.79 Å². The van der Waals surface area contributed by atoms with Gasteiger partial charge in [0.15, 0.2) is 5.60 Å². The number of hydrogen-bond acceptors (Lipinski definition) is 5. The number of carbonyl (C=O) groups is 2. The predicted octanol–water partition coefficient (Wildman–Crippen LogP) is 2.53. The maximum atomic E-state index is 12.7. The highest BCUT2D eigenvalue weighted by atomic mass is 16.8. The number of cyclic esters (lactones) is 1. The topological polar surface area (TPSA) is 84.5 Å². The molecule has 0 unspecified atom stereocenters. The second-order valence-electron chi connectivity index (χ2n) is 6.65. The lowest BCUT2D eigenvalue weighted by Crippen LogP contribution is -2.48. The van der Waals surface area contributed by atoms with Crippen LogP contribution in [0.15, 0.2) is 30.3 Å². The van der Waals surface area contributed by atoms with Crippen molar-refractivity contribution in [3.05, 3.63) is 41.6 Å². The molecule has 1 aromatic carbocycles. The molecule has 0 saturated carbocycles. The van der Waals surface area contributed by atoms with Gasteiger partial charge in [-0.3, -0.25) is 9.89 Å². The van der Waals surface area contributed by atoms with Crippen LogP contribution in [0.3, 0.4) is 0 Å². The van der Waals surface area contributed by atoms with Gasteiger partial charge in [-0.2, -0.15) is 5.10 Å². The zero-order valence-electron chi connectivity index (χ0n) is 13.9. The molecule has 2 aromatic rings. The number of nitrogens with one attached hydrogen (secondary N) is 1. The summed E-state index contributed by atoms with van der Waals surface area (Å²) in [6.45, 7) is 3.34. The van der Waals surface area contributed by atoms with Crippen molar-refractivity contribution in [1.29, 1.82) is 0 Å². The third-order valence-corrected chi connectivity index (χ3v) is 4.87. The second-order valence-corrected chi connectivity index (χ2v) is 6.65. The molecule has 3 heterocycles. The molecule has 7 heteroatoms. The van der Waals surface area contributed by atoms with Crippen LogP contribution < -0.4 is 0 Å². The number of nitrogens with zero attached hydrogens (tertiary/aromatic N) is 2. The van der Waals surface area contributed by atoms with Gasteiger partial charge in [-0.1, -0.05) is 29.8 Å². The van der Waals surface area contributed by atoms with Gasteiger partial charge in [0.1, 0.15) is 12.3 Å². The summed E-state index contributed by atoms with van der Waals surface area (Å²) in [7, 11) is 0. The number of aromatic amines is 1. The van der Waals surface area contributed by atoms with Crippen molar-refractivity contribution in [2.24, 2.45) is 0 Å². The standard InChI is InChI=1S/C18H19N3O4/c1-12-2-4-13(5-3-12)14-10-15(20-19-14)16(22)21-8-6-18(7-9-21)11-24-17(23)25-18/h2-5,10H,6-9,11H2,1H3,(H,19,20). The molecule has 4 rings (SSSR count). The Balaban J connectivity index is 1.44. The predicted molar refractivity (Wildman–Crippen MR) is 89.1 cm³/mol. The lowest BCUT2D eigenvalue weighted by atomic mass is 9.92. The molecular weight excluding hydrogens is 322 g/mol. The number of aryl methyl sites for hydroxylation is 1. The number of amides is 1. The molecule has 1 N–H and O–H groups in total. The Labute approximate surface area is 144 Å². The van der Waals surface area contributed by atoms with Gasteiger partial charge in [-0.15, -0.1) is 0 Å². The van der Waals surface area contributed by atoms with Crippen molar-refractivity contribution < 1.29 is 19.1 Å². The maximum absolute atomic E-state index is 12.7. The van der Waals surface area contributed by atoms with Crippen LogP contribution >= 0.6 is 0 Å². The number of ether oxygens (including phenoxy) is 2. The van der Waals surface area contributed by atoms with Crippen LogP contribution in [0.5, 0.6) is 0 Å². The first-order valence-electron chi connectivity index (χ1n) is 8.32. The minimum Gasteiger partial charge on any atom is -0.430 e. The average Bonchev–Trinajstić information content (AvgIpc) is 3.23. The fraction of sp³-hybridized carbons (Fsp3) is 0.389. The first-order valence-corrected chi connectivity index (χ1v) is 8.32. The molecule has 1 spiro atoms. The van der Waals surface area contributed by atoms with E-state index in [1.807, 2.05) is 31.2 Å². The second kappa shape index (κ2) is 5.91. The molecule has 0 atom stereocenters. The molecule has 7 nitrogen and oxygen atoms in total. The fourth-order valence-electron chi connectivity index (χ4n) is 3.26. The summed E-state index contributed by atoms with van der Waals surface area (Å²) in [5.41, 5.74) is 2.79. The highest BCUT2D eigenvalue weighted by Crippen LogP contribution is 2.32. The molecule has 0 radical (unpaired) electrons. The number of likely N-dealkylation sites (tertiary alicyclic amines) is 1. The van der Waals surface area contributed by atoms with E-state index in [0.29, 0.717) is 31.6 Å². The highest BCUT2D eigenvalue weighted by Gasteiger charge is 2.45. The van der Waals surface area contributed by atoms with Crippen molar-refractivity contribution >= 4 is 12.1 Å². The van der Waals surface area contributed by atoms with E-state index in [-0.39, 0.29) is 12.5 Å². The minimum atomic E-state index is -0.615. The molecule has 2 aliphatic heterocycles. The molecule has 1 amide bonds. The number of H-pyrrole nitrogens is 1. The minimum absolute atomic E-state index is 0.0917. The van der Waals surface area contributed by atoms with E-state index in [2.05, 4.69) is 10.2 Å². The highest BCUT2D eigenvalue weighted by molar-refractivity contribution is 5.93. The van der Waals surface area contributed by atoms with Gasteiger partial charge in [-0.05, 0) is 13.0 Å². The van der Waals surface area contributed by atoms with Crippen molar-refractivity contribution in [2.75, 3.05) is 19.7 Å². The van der Waals surface area contributed by atoms with Crippen molar-refractivity contribution in [1.82, 2.24) is 15.1 Å². The van der Waals surface area contributed by atoms with E-state index < -0.39 is 11.8 Å². The van der Waals surface area contributed by atoms with E-state index >= 15 is 0 Å². The molecule has 2 aliphatic rings. The first kappa shape index (κ1) is 15.7. The summed E-state index contributed by atoms with van der Waals surface area (Å²) in [6, 6.07) is 9.77. The quantitative estimate of drug-likeness (QED) is 0.849. The average molecular weight is 341 g/mol. The zero-order chi connectivity index (χ0) is 17.4.